The Morgan fingerprint density at radius 2 is 1.95 bits per heavy atom. The van der Waals surface area contributed by atoms with Gasteiger partial charge in [-0.1, -0.05) is 43.7 Å². The largest absolute Gasteiger partial charge is 0.370 e. The van der Waals surface area contributed by atoms with Gasteiger partial charge in [0.05, 0.1) is 0 Å². The zero-order valence-electron chi connectivity index (χ0n) is 13.1. The molecule has 1 aromatic carbocycles. The van der Waals surface area contributed by atoms with Crippen molar-refractivity contribution in [3.63, 3.8) is 0 Å². The van der Waals surface area contributed by atoms with Gasteiger partial charge in [0.25, 0.3) is 5.91 Å². The number of nitrogens with one attached hydrogen (secondary N) is 2. The Morgan fingerprint density at radius 1 is 1.18 bits per heavy atom. The molecule has 0 unspecified atom stereocenters. The molecule has 1 heterocycles. The molecule has 0 fully saturated rings. The molecule has 0 aliphatic carbocycles. The van der Waals surface area contributed by atoms with Gasteiger partial charge in [0.15, 0.2) is 0 Å². The van der Waals surface area contributed by atoms with E-state index in [-0.39, 0.29) is 5.91 Å². The molecule has 0 atom stereocenters. The van der Waals surface area contributed by atoms with Crippen molar-refractivity contribution in [1.82, 2.24) is 15.3 Å². The van der Waals surface area contributed by atoms with Crippen molar-refractivity contribution in [3.05, 3.63) is 53.5 Å². The number of unbranched alkanes of at least 4 members (excludes halogenated alkanes) is 1. The van der Waals surface area contributed by atoms with Gasteiger partial charge in [-0.2, -0.15) is 0 Å². The molecular weight excluding hydrogens is 276 g/mol. The molecular formula is C17H22N4O. The van der Waals surface area contributed by atoms with Crippen LogP contribution in [0, 0.1) is 6.92 Å². The Balaban J connectivity index is 1.99. The highest BCUT2D eigenvalue weighted by Crippen LogP contribution is 2.08. The van der Waals surface area contributed by atoms with Crippen molar-refractivity contribution in [2.24, 2.45) is 0 Å². The van der Waals surface area contributed by atoms with Gasteiger partial charge in [-0.3, -0.25) is 4.79 Å². The number of hydrogen-bond acceptors (Lipinski definition) is 4. The van der Waals surface area contributed by atoms with Gasteiger partial charge in [-0.15, -0.1) is 0 Å². The van der Waals surface area contributed by atoms with Crippen molar-refractivity contribution < 1.29 is 4.79 Å². The lowest BCUT2D eigenvalue weighted by atomic mass is 10.2. The summed E-state index contributed by atoms with van der Waals surface area (Å²) < 4.78 is 0. The number of aryl methyl sites for hydroxylation is 1. The smallest absolute Gasteiger partial charge is 0.270 e. The lowest BCUT2D eigenvalue weighted by Crippen LogP contribution is -2.24. The minimum absolute atomic E-state index is 0.187. The molecule has 2 aromatic rings. The van der Waals surface area contributed by atoms with E-state index < -0.39 is 0 Å². The third-order valence-electron chi connectivity index (χ3n) is 3.20. The van der Waals surface area contributed by atoms with E-state index in [9.17, 15) is 4.79 Å². The van der Waals surface area contributed by atoms with E-state index in [1.807, 2.05) is 30.3 Å². The van der Waals surface area contributed by atoms with Crippen LogP contribution in [0.15, 0.2) is 36.4 Å². The van der Waals surface area contributed by atoms with Crippen molar-refractivity contribution in [2.45, 2.75) is 33.2 Å². The first-order valence-corrected chi connectivity index (χ1v) is 7.60. The van der Waals surface area contributed by atoms with Gasteiger partial charge in [0.1, 0.15) is 17.3 Å². The Hall–Kier alpha value is -2.43. The molecule has 116 valence electrons. The van der Waals surface area contributed by atoms with Gasteiger partial charge in [-0.25, -0.2) is 9.97 Å². The average molecular weight is 298 g/mol. The molecule has 0 spiro atoms. The second-order valence-corrected chi connectivity index (χ2v) is 5.13. The summed E-state index contributed by atoms with van der Waals surface area (Å²) in [6, 6.07) is 11.5. The molecule has 2 rings (SSSR count). The molecule has 5 nitrogen and oxygen atoms in total. The fourth-order valence-corrected chi connectivity index (χ4v) is 2.04. The molecule has 0 saturated heterocycles. The number of aromatic nitrogens is 2. The van der Waals surface area contributed by atoms with Crippen molar-refractivity contribution >= 4 is 11.7 Å². The summed E-state index contributed by atoms with van der Waals surface area (Å²) >= 11 is 0. The zero-order valence-corrected chi connectivity index (χ0v) is 13.1. The van der Waals surface area contributed by atoms with Crippen LogP contribution in [-0.4, -0.2) is 22.4 Å². The maximum atomic E-state index is 12.2. The Labute approximate surface area is 131 Å². The van der Waals surface area contributed by atoms with Crippen molar-refractivity contribution in [1.29, 1.82) is 0 Å². The second kappa shape index (κ2) is 8.12. The monoisotopic (exact) mass is 298 g/mol. The number of hydrogen-bond donors (Lipinski definition) is 2. The minimum atomic E-state index is -0.187. The third kappa shape index (κ3) is 4.84. The molecule has 0 aliphatic heterocycles. The first-order chi connectivity index (χ1) is 10.7. The van der Waals surface area contributed by atoms with Crippen LogP contribution in [-0.2, 0) is 6.54 Å². The number of rotatable bonds is 7. The SMILES string of the molecule is CCCCNc1cc(C(=O)NCc2ccccc2)nc(C)n1. The summed E-state index contributed by atoms with van der Waals surface area (Å²) in [5.41, 5.74) is 1.45. The molecule has 1 amide bonds. The van der Waals surface area contributed by atoms with Crippen LogP contribution < -0.4 is 10.6 Å². The van der Waals surface area contributed by atoms with Gasteiger partial charge < -0.3 is 10.6 Å². The Kier molecular flexibility index (Phi) is 5.89. The molecule has 22 heavy (non-hydrogen) atoms. The highest BCUT2D eigenvalue weighted by atomic mass is 16.1. The number of amides is 1. The van der Waals surface area contributed by atoms with Gasteiger partial charge in [0.2, 0.25) is 0 Å². The highest BCUT2D eigenvalue weighted by molar-refractivity contribution is 5.92. The first-order valence-electron chi connectivity index (χ1n) is 7.60. The molecule has 0 radical (unpaired) electrons. The van der Waals surface area contributed by atoms with E-state index in [2.05, 4.69) is 27.5 Å². The summed E-state index contributed by atoms with van der Waals surface area (Å²) in [5, 5.41) is 6.10. The second-order valence-electron chi connectivity index (χ2n) is 5.13. The van der Waals surface area contributed by atoms with E-state index >= 15 is 0 Å². The fourth-order valence-electron chi connectivity index (χ4n) is 2.04. The maximum Gasteiger partial charge on any atom is 0.270 e. The van der Waals surface area contributed by atoms with Crippen LogP contribution in [0.5, 0.6) is 0 Å². The molecule has 0 saturated carbocycles. The van der Waals surface area contributed by atoms with Gasteiger partial charge in [0, 0.05) is 19.2 Å². The van der Waals surface area contributed by atoms with Crippen LogP contribution in [0.4, 0.5) is 5.82 Å². The lowest BCUT2D eigenvalue weighted by Gasteiger charge is -2.09. The predicted octanol–water partition coefficient (Wildman–Crippen LogP) is 2.93. The van der Waals surface area contributed by atoms with E-state index in [0.29, 0.717) is 23.9 Å². The van der Waals surface area contributed by atoms with Crippen LogP contribution in [0.25, 0.3) is 0 Å². The van der Waals surface area contributed by atoms with E-state index in [1.165, 1.54) is 0 Å². The first kappa shape index (κ1) is 15.9. The van der Waals surface area contributed by atoms with Crippen LogP contribution in [0.1, 0.15) is 41.6 Å². The zero-order chi connectivity index (χ0) is 15.8. The summed E-state index contributed by atoms with van der Waals surface area (Å²) in [6.45, 7) is 5.26. The molecule has 0 aliphatic rings. The standard InChI is InChI=1S/C17H22N4O/c1-3-4-10-18-16-11-15(20-13(2)21-16)17(22)19-12-14-8-6-5-7-9-14/h5-9,11H,3-4,10,12H2,1-2H3,(H,19,22)(H,18,20,21). The van der Waals surface area contributed by atoms with Crippen LogP contribution >= 0.6 is 0 Å². The Bertz CT molecular complexity index is 613. The van der Waals surface area contributed by atoms with Crippen LogP contribution in [0.3, 0.4) is 0 Å². The number of carbonyl (C=O) groups excluding carboxylic acids is 1. The number of benzene rings is 1. The van der Waals surface area contributed by atoms with Crippen molar-refractivity contribution in [2.75, 3.05) is 11.9 Å². The van der Waals surface area contributed by atoms with Gasteiger partial charge >= 0.3 is 0 Å². The number of carbonyl (C=O) groups is 1. The van der Waals surface area contributed by atoms with E-state index in [4.69, 9.17) is 0 Å². The minimum Gasteiger partial charge on any atom is -0.370 e. The average Bonchev–Trinajstić information content (AvgIpc) is 2.53. The normalized spacial score (nSPS) is 10.3. The van der Waals surface area contributed by atoms with E-state index in [0.717, 1.165) is 24.9 Å². The highest BCUT2D eigenvalue weighted by Gasteiger charge is 2.10. The summed E-state index contributed by atoms with van der Waals surface area (Å²) in [7, 11) is 0. The molecule has 5 heteroatoms. The van der Waals surface area contributed by atoms with Crippen molar-refractivity contribution in [3.8, 4) is 0 Å². The quantitative estimate of drug-likeness (QED) is 0.771. The van der Waals surface area contributed by atoms with Crippen LogP contribution in [0.2, 0.25) is 0 Å². The number of nitrogens with zero attached hydrogens (tertiary/aromatic N) is 2. The van der Waals surface area contributed by atoms with Gasteiger partial charge in [-0.05, 0) is 18.9 Å². The molecule has 1 aromatic heterocycles. The van der Waals surface area contributed by atoms with E-state index in [1.54, 1.807) is 13.0 Å². The summed E-state index contributed by atoms with van der Waals surface area (Å²) in [5.74, 6) is 1.10. The summed E-state index contributed by atoms with van der Waals surface area (Å²) in [4.78, 5) is 20.7. The Morgan fingerprint density at radius 3 is 2.68 bits per heavy atom. The fraction of sp³-hybridized carbons (Fsp3) is 0.353. The molecule has 2 N–H and O–H groups in total. The molecule has 0 bridgehead atoms. The predicted molar refractivity (Wildman–Crippen MR) is 87.8 cm³/mol. The topological polar surface area (TPSA) is 66.9 Å². The lowest BCUT2D eigenvalue weighted by molar-refractivity contribution is 0.0945. The summed E-state index contributed by atoms with van der Waals surface area (Å²) in [6.07, 6.45) is 2.18. The maximum absolute atomic E-state index is 12.2. The number of anilines is 1. The third-order valence-corrected chi connectivity index (χ3v) is 3.20.